The highest BCUT2D eigenvalue weighted by molar-refractivity contribution is 6.42. The minimum Gasteiger partial charge on any atom is -0.306 e. The molecule has 0 aliphatic rings. The van der Waals surface area contributed by atoms with E-state index in [0.29, 0.717) is 22.2 Å². The quantitative estimate of drug-likeness (QED) is 0.490. The maximum absolute atomic E-state index is 11.6. The zero-order valence-corrected chi connectivity index (χ0v) is 9.61. The van der Waals surface area contributed by atoms with Gasteiger partial charge < -0.3 is 5.32 Å². The molecule has 80 valence electrons. The third kappa shape index (κ3) is 3.67. The van der Waals surface area contributed by atoms with Crippen LogP contribution in [0.3, 0.4) is 0 Å². The maximum Gasteiger partial charge on any atom is 0.176 e. The van der Waals surface area contributed by atoms with E-state index in [0.717, 1.165) is 0 Å². The van der Waals surface area contributed by atoms with E-state index in [1.807, 2.05) is 0 Å². The number of Topliss-reactive ketones (excluding diaryl/α,β-unsaturated/α-hetero) is 1. The summed E-state index contributed by atoms with van der Waals surface area (Å²) in [7, 11) is 0. The second-order valence-electron chi connectivity index (χ2n) is 2.97. The van der Waals surface area contributed by atoms with Gasteiger partial charge in [-0.2, -0.15) is 0 Å². The molecule has 0 fully saturated rings. The summed E-state index contributed by atoms with van der Waals surface area (Å²) in [5.41, 5.74) is 0.556. The Morgan fingerprint density at radius 2 is 2.13 bits per heavy atom. The van der Waals surface area contributed by atoms with Gasteiger partial charge in [-0.1, -0.05) is 29.3 Å². The van der Waals surface area contributed by atoms with Crippen LogP contribution in [0.25, 0.3) is 0 Å². The second kappa shape index (κ2) is 5.91. The standard InChI is InChI=1S/C11H11Cl2NO/c1-2-5-14-7-11(15)8-3-4-9(12)10(13)6-8/h2-4,6,14H,1,5,7H2. The van der Waals surface area contributed by atoms with Crippen molar-refractivity contribution in [1.82, 2.24) is 5.32 Å². The van der Waals surface area contributed by atoms with Crippen LogP contribution in [0, 0.1) is 0 Å². The van der Waals surface area contributed by atoms with Crippen LogP contribution in [0.4, 0.5) is 0 Å². The molecular weight excluding hydrogens is 233 g/mol. The average molecular weight is 244 g/mol. The lowest BCUT2D eigenvalue weighted by Gasteiger charge is -2.03. The highest BCUT2D eigenvalue weighted by atomic mass is 35.5. The number of carbonyl (C=O) groups excluding carboxylic acids is 1. The number of nitrogens with one attached hydrogen (secondary N) is 1. The molecule has 0 amide bonds. The van der Waals surface area contributed by atoms with Crippen LogP contribution in [-0.4, -0.2) is 18.9 Å². The fourth-order valence-electron chi connectivity index (χ4n) is 1.06. The molecule has 0 aliphatic carbocycles. The minimum absolute atomic E-state index is 0.0181. The minimum atomic E-state index is -0.0181. The Bertz CT molecular complexity index is 377. The number of carbonyl (C=O) groups is 1. The Kier molecular flexibility index (Phi) is 4.82. The van der Waals surface area contributed by atoms with E-state index < -0.39 is 0 Å². The van der Waals surface area contributed by atoms with Crippen molar-refractivity contribution in [2.75, 3.05) is 13.1 Å². The predicted molar refractivity (Wildman–Crippen MR) is 63.9 cm³/mol. The van der Waals surface area contributed by atoms with Crippen LogP contribution in [0.2, 0.25) is 10.0 Å². The van der Waals surface area contributed by atoms with Crippen molar-refractivity contribution in [1.29, 1.82) is 0 Å². The summed E-state index contributed by atoms with van der Waals surface area (Å²) in [4.78, 5) is 11.6. The molecule has 0 aromatic heterocycles. The highest BCUT2D eigenvalue weighted by Crippen LogP contribution is 2.22. The van der Waals surface area contributed by atoms with Gasteiger partial charge in [-0.15, -0.1) is 6.58 Å². The van der Waals surface area contributed by atoms with Crippen molar-refractivity contribution in [2.45, 2.75) is 0 Å². The zero-order valence-electron chi connectivity index (χ0n) is 8.09. The molecule has 1 rings (SSSR count). The second-order valence-corrected chi connectivity index (χ2v) is 3.79. The van der Waals surface area contributed by atoms with Gasteiger partial charge in [0.05, 0.1) is 16.6 Å². The number of rotatable bonds is 5. The lowest BCUT2D eigenvalue weighted by Crippen LogP contribution is -2.22. The number of hydrogen-bond donors (Lipinski definition) is 1. The van der Waals surface area contributed by atoms with Gasteiger partial charge in [-0.25, -0.2) is 0 Å². The van der Waals surface area contributed by atoms with Crippen molar-refractivity contribution in [2.24, 2.45) is 0 Å². The highest BCUT2D eigenvalue weighted by Gasteiger charge is 2.06. The van der Waals surface area contributed by atoms with Gasteiger partial charge >= 0.3 is 0 Å². The molecular formula is C11H11Cl2NO. The van der Waals surface area contributed by atoms with Crippen molar-refractivity contribution in [3.05, 3.63) is 46.5 Å². The van der Waals surface area contributed by atoms with Crippen molar-refractivity contribution < 1.29 is 4.79 Å². The van der Waals surface area contributed by atoms with E-state index in [4.69, 9.17) is 23.2 Å². The summed E-state index contributed by atoms with van der Waals surface area (Å²) in [6.07, 6.45) is 1.70. The number of halogens is 2. The summed E-state index contributed by atoms with van der Waals surface area (Å²) in [5.74, 6) is -0.0181. The fourth-order valence-corrected chi connectivity index (χ4v) is 1.36. The first-order valence-corrected chi connectivity index (χ1v) is 5.20. The first kappa shape index (κ1) is 12.2. The molecule has 0 bridgehead atoms. The third-order valence-corrected chi connectivity index (χ3v) is 2.55. The average Bonchev–Trinajstić information content (AvgIpc) is 2.22. The first-order chi connectivity index (χ1) is 7.15. The Hall–Kier alpha value is -0.830. The molecule has 0 heterocycles. The van der Waals surface area contributed by atoms with Crippen LogP contribution >= 0.6 is 23.2 Å². The number of hydrogen-bond acceptors (Lipinski definition) is 2. The van der Waals surface area contributed by atoms with Gasteiger partial charge in [0, 0.05) is 12.1 Å². The maximum atomic E-state index is 11.6. The molecule has 4 heteroatoms. The van der Waals surface area contributed by atoms with Gasteiger partial charge in [0.25, 0.3) is 0 Å². The van der Waals surface area contributed by atoms with Crippen molar-refractivity contribution >= 4 is 29.0 Å². The molecule has 1 N–H and O–H groups in total. The summed E-state index contributed by atoms with van der Waals surface area (Å²) in [5, 5.41) is 3.77. The molecule has 0 saturated heterocycles. The van der Waals surface area contributed by atoms with Crippen LogP contribution in [0.5, 0.6) is 0 Å². The molecule has 0 aliphatic heterocycles. The number of ketones is 1. The molecule has 1 aromatic rings. The largest absolute Gasteiger partial charge is 0.306 e. The molecule has 0 atom stereocenters. The smallest absolute Gasteiger partial charge is 0.176 e. The Balaban J connectivity index is 2.65. The van der Waals surface area contributed by atoms with E-state index in [1.54, 1.807) is 24.3 Å². The normalized spacial score (nSPS) is 10.0. The van der Waals surface area contributed by atoms with Gasteiger partial charge in [-0.3, -0.25) is 4.79 Å². The van der Waals surface area contributed by atoms with Crippen molar-refractivity contribution in [3.63, 3.8) is 0 Å². The lowest BCUT2D eigenvalue weighted by molar-refractivity contribution is 0.0992. The summed E-state index contributed by atoms with van der Waals surface area (Å²) < 4.78 is 0. The van der Waals surface area contributed by atoms with Gasteiger partial charge in [0.1, 0.15) is 0 Å². The van der Waals surface area contributed by atoms with E-state index in [9.17, 15) is 4.79 Å². The van der Waals surface area contributed by atoms with E-state index in [1.165, 1.54) is 0 Å². The van der Waals surface area contributed by atoms with Gasteiger partial charge in [0.15, 0.2) is 5.78 Å². The van der Waals surface area contributed by atoms with Crippen LogP contribution in [0.1, 0.15) is 10.4 Å². The molecule has 0 spiro atoms. The van der Waals surface area contributed by atoms with Crippen LogP contribution in [-0.2, 0) is 0 Å². The fraction of sp³-hybridized carbons (Fsp3) is 0.182. The van der Waals surface area contributed by atoms with E-state index in [2.05, 4.69) is 11.9 Å². The van der Waals surface area contributed by atoms with Gasteiger partial charge in [-0.05, 0) is 18.2 Å². The summed E-state index contributed by atoms with van der Waals surface area (Å²) in [6, 6.07) is 4.85. The zero-order chi connectivity index (χ0) is 11.3. The Morgan fingerprint density at radius 1 is 1.40 bits per heavy atom. The number of benzene rings is 1. The van der Waals surface area contributed by atoms with Crippen molar-refractivity contribution in [3.8, 4) is 0 Å². The SMILES string of the molecule is C=CCNCC(=O)c1ccc(Cl)c(Cl)c1. The van der Waals surface area contributed by atoms with Crippen LogP contribution < -0.4 is 5.32 Å². The monoisotopic (exact) mass is 243 g/mol. The van der Waals surface area contributed by atoms with Crippen LogP contribution in [0.15, 0.2) is 30.9 Å². The van der Waals surface area contributed by atoms with Gasteiger partial charge in [0.2, 0.25) is 0 Å². The molecule has 0 radical (unpaired) electrons. The molecule has 1 aromatic carbocycles. The summed E-state index contributed by atoms with van der Waals surface area (Å²) >= 11 is 11.5. The van der Waals surface area contributed by atoms with E-state index in [-0.39, 0.29) is 12.3 Å². The topological polar surface area (TPSA) is 29.1 Å². The summed E-state index contributed by atoms with van der Waals surface area (Å²) in [6.45, 7) is 4.42. The van der Waals surface area contributed by atoms with E-state index >= 15 is 0 Å². The molecule has 0 unspecified atom stereocenters. The lowest BCUT2D eigenvalue weighted by atomic mass is 10.1. The Morgan fingerprint density at radius 3 is 2.73 bits per heavy atom. The molecule has 2 nitrogen and oxygen atoms in total. The third-order valence-electron chi connectivity index (χ3n) is 1.82. The first-order valence-electron chi connectivity index (χ1n) is 4.45. The predicted octanol–water partition coefficient (Wildman–Crippen LogP) is 2.95. The molecule has 15 heavy (non-hydrogen) atoms. The Labute approximate surface area is 98.9 Å². The molecule has 0 saturated carbocycles.